The molecule has 0 saturated carbocycles. The maximum atomic E-state index is 13.8. The van der Waals surface area contributed by atoms with Crippen LogP contribution in [0.5, 0.6) is 11.5 Å². The number of hydrogen-bond donors (Lipinski definition) is 0. The Morgan fingerprint density at radius 3 is 2.33 bits per heavy atom. The normalized spacial score (nSPS) is 14.5. The molecule has 1 aromatic heterocycles. The van der Waals surface area contributed by atoms with Crippen LogP contribution >= 0.6 is 11.3 Å². The molecule has 0 unspecified atom stereocenters. The largest absolute Gasteiger partial charge is 0.497 e. The number of rotatable bonds is 9. The summed E-state index contributed by atoms with van der Waals surface area (Å²) >= 11 is 1.63. The lowest BCUT2D eigenvalue weighted by atomic mass is 9.97. The number of ether oxygens (including phenoxy) is 2. The Kier molecular flexibility index (Phi) is 7.99. The molecule has 0 N–H and O–H groups in total. The highest BCUT2D eigenvalue weighted by Crippen LogP contribution is 2.41. The fraction of sp³-hybridized carbons (Fsp3) is 0.323. The van der Waals surface area contributed by atoms with Crippen LogP contribution in [0.25, 0.3) is 20.5 Å². The zero-order chi connectivity index (χ0) is 24.7. The lowest BCUT2D eigenvalue weighted by molar-refractivity contribution is 0.104. The number of hydrogen-bond acceptors (Lipinski definition) is 5. The van der Waals surface area contributed by atoms with Crippen LogP contribution < -0.4 is 9.47 Å². The van der Waals surface area contributed by atoms with E-state index in [0.29, 0.717) is 12.2 Å². The number of benzene rings is 3. The molecule has 4 aromatic rings. The van der Waals surface area contributed by atoms with Crippen LogP contribution in [0.15, 0.2) is 72.8 Å². The van der Waals surface area contributed by atoms with Crippen LogP contribution in [-0.2, 0) is 0 Å². The van der Waals surface area contributed by atoms with Crippen molar-refractivity contribution in [1.82, 2.24) is 4.90 Å². The number of likely N-dealkylation sites (tertiary alicyclic amines) is 1. The van der Waals surface area contributed by atoms with Crippen LogP contribution in [0, 0.1) is 0 Å². The predicted molar refractivity (Wildman–Crippen MR) is 149 cm³/mol. The van der Waals surface area contributed by atoms with Gasteiger partial charge in [-0.2, -0.15) is 0 Å². The van der Waals surface area contributed by atoms with E-state index >= 15 is 0 Å². The Bertz CT molecular complexity index is 1290. The molecule has 0 aliphatic carbocycles. The third kappa shape index (κ3) is 5.63. The van der Waals surface area contributed by atoms with E-state index < -0.39 is 0 Å². The summed E-state index contributed by atoms with van der Waals surface area (Å²) in [5.41, 5.74) is 2.46. The summed E-state index contributed by atoms with van der Waals surface area (Å²) in [6, 6.07) is 23.6. The van der Waals surface area contributed by atoms with Gasteiger partial charge in [0.2, 0.25) is 0 Å². The molecule has 36 heavy (non-hydrogen) atoms. The minimum Gasteiger partial charge on any atom is -0.497 e. The molecule has 4 nitrogen and oxygen atoms in total. The summed E-state index contributed by atoms with van der Waals surface area (Å²) in [7, 11) is 1.66. The van der Waals surface area contributed by atoms with Crippen molar-refractivity contribution >= 4 is 27.2 Å². The van der Waals surface area contributed by atoms with Gasteiger partial charge in [-0.25, -0.2) is 0 Å². The molecule has 1 fully saturated rings. The van der Waals surface area contributed by atoms with Gasteiger partial charge in [0.05, 0.1) is 13.7 Å². The van der Waals surface area contributed by atoms with Gasteiger partial charge >= 0.3 is 0 Å². The third-order valence-corrected chi connectivity index (χ3v) is 8.06. The molecule has 186 valence electrons. The molecule has 0 bridgehead atoms. The smallest absolute Gasteiger partial charge is 0.195 e. The Balaban J connectivity index is 1.31. The van der Waals surface area contributed by atoms with Crippen LogP contribution in [0.4, 0.5) is 0 Å². The van der Waals surface area contributed by atoms with Crippen molar-refractivity contribution in [2.24, 2.45) is 0 Å². The summed E-state index contributed by atoms with van der Waals surface area (Å²) < 4.78 is 12.5. The highest BCUT2D eigenvalue weighted by atomic mass is 32.1. The molecule has 0 spiro atoms. The van der Waals surface area contributed by atoms with Gasteiger partial charge in [0.1, 0.15) is 11.5 Å². The Hall–Kier alpha value is -3.15. The lowest BCUT2D eigenvalue weighted by Crippen LogP contribution is -2.26. The van der Waals surface area contributed by atoms with E-state index in [1.54, 1.807) is 18.4 Å². The average Bonchev–Trinajstić information content (AvgIpc) is 3.11. The molecule has 3 aromatic carbocycles. The maximum absolute atomic E-state index is 13.8. The van der Waals surface area contributed by atoms with E-state index in [2.05, 4.69) is 17.0 Å². The predicted octanol–water partition coefficient (Wildman–Crippen LogP) is 7.45. The van der Waals surface area contributed by atoms with Gasteiger partial charge in [-0.3, -0.25) is 4.79 Å². The quantitative estimate of drug-likeness (QED) is 0.177. The number of carbonyl (C=O) groups excluding carboxylic acids is 1. The molecule has 1 aliphatic rings. The number of ketones is 1. The zero-order valence-electron chi connectivity index (χ0n) is 20.9. The summed E-state index contributed by atoms with van der Waals surface area (Å²) in [6.45, 7) is 4.21. The van der Waals surface area contributed by atoms with Crippen molar-refractivity contribution in [1.29, 1.82) is 0 Å². The van der Waals surface area contributed by atoms with E-state index in [0.717, 1.165) is 50.6 Å². The van der Waals surface area contributed by atoms with Crippen LogP contribution in [0.2, 0.25) is 0 Å². The first-order chi connectivity index (χ1) is 17.7. The first-order valence-corrected chi connectivity index (χ1v) is 13.7. The number of nitrogens with zero attached hydrogens (tertiary/aromatic N) is 1. The number of methoxy groups -OCH3 is 1. The van der Waals surface area contributed by atoms with Gasteiger partial charge in [0.25, 0.3) is 0 Å². The fourth-order valence-corrected chi connectivity index (χ4v) is 6.14. The Labute approximate surface area is 217 Å². The topological polar surface area (TPSA) is 38.8 Å². The molecule has 0 atom stereocenters. The fourth-order valence-electron chi connectivity index (χ4n) is 4.91. The zero-order valence-corrected chi connectivity index (χ0v) is 21.7. The first kappa shape index (κ1) is 24.5. The van der Waals surface area contributed by atoms with Crippen molar-refractivity contribution in [3.05, 3.63) is 83.9 Å². The molecule has 1 saturated heterocycles. The second kappa shape index (κ2) is 11.7. The second-order valence-corrected chi connectivity index (χ2v) is 10.4. The van der Waals surface area contributed by atoms with Crippen LogP contribution in [0.3, 0.4) is 0 Å². The van der Waals surface area contributed by atoms with E-state index in [1.807, 2.05) is 60.7 Å². The highest BCUT2D eigenvalue weighted by molar-refractivity contribution is 7.22. The molecule has 5 rings (SSSR count). The molecule has 0 radical (unpaired) electrons. The standard InChI is InChI=1S/C31H33NO3S/c1-34-26-16-17-27-28(22-26)36-31(24-10-5-4-6-11-24)29(27)30(33)23-12-14-25(15-13-23)35-21-9-20-32-18-7-2-3-8-19-32/h4-6,10-17,22H,2-3,7-9,18-21H2,1H3. The Morgan fingerprint density at radius 1 is 0.889 bits per heavy atom. The minimum absolute atomic E-state index is 0.0259. The van der Waals surface area contributed by atoms with Gasteiger partial charge in [0.15, 0.2) is 5.78 Å². The molecule has 1 aliphatic heterocycles. The minimum atomic E-state index is 0.0259. The van der Waals surface area contributed by atoms with Crippen molar-refractivity contribution in [3.63, 3.8) is 0 Å². The highest BCUT2D eigenvalue weighted by Gasteiger charge is 2.22. The van der Waals surface area contributed by atoms with Gasteiger partial charge in [-0.1, -0.05) is 43.2 Å². The SMILES string of the molecule is COc1ccc2c(C(=O)c3ccc(OCCCN4CCCCCC4)cc3)c(-c3ccccc3)sc2c1. The molecule has 5 heteroatoms. The van der Waals surface area contributed by atoms with Gasteiger partial charge in [0, 0.05) is 32.6 Å². The summed E-state index contributed by atoms with van der Waals surface area (Å²) in [5.74, 6) is 1.63. The van der Waals surface area contributed by atoms with Gasteiger partial charge in [-0.05, 0) is 80.4 Å². The number of thiophene rings is 1. The van der Waals surface area contributed by atoms with Gasteiger partial charge in [-0.15, -0.1) is 11.3 Å². The summed E-state index contributed by atoms with van der Waals surface area (Å²) in [6.07, 6.45) is 6.37. The number of carbonyl (C=O) groups is 1. The number of fused-ring (bicyclic) bond motifs is 1. The third-order valence-electron chi connectivity index (χ3n) is 6.86. The van der Waals surface area contributed by atoms with Gasteiger partial charge < -0.3 is 14.4 Å². The van der Waals surface area contributed by atoms with Crippen molar-refractivity contribution in [3.8, 4) is 21.9 Å². The molecule has 0 amide bonds. The van der Waals surface area contributed by atoms with E-state index in [-0.39, 0.29) is 5.78 Å². The maximum Gasteiger partial charge on any atom is 0.195 e. The van der Waals surface area contributed by atoms with E-state index in [9.17, 15) is 4.79 Å². The van der Waals surface area contributed by atoms with E-state index in [4.69, 9.17) is 9.47 Å². The molecular formula is C31H33NO3S. The Morgan fingerprint density at radius 2 is 1.61 bits per heavy atom. The van der Waals surface area contributed by atoms with Crippen LogP contribution in [0.1, 0.15) is 48.0 Å². The van der Waals surface area contributed by atoms with Crippen molar-refractivity contribution < 1.29 is 14.3 Å². The van der Waals surface area contributed by atoms with Crippen molar-refractivity contribution in [2.75, 3.05) is 33.4 Å². The monoisotopic (exact) mass is 499 g/mol. The summed E-state index contributed by atoms with van der Waals surface area (Å²) in [5, 5.41) is 0.957. The average molecular weight is 500 g/mol. The lowest BCUT2D eigenvalue weighted by Gasteiger charge is -2.19. The van der Waals surface area contributed by atoms with Crippen LogP contribution in [-0.4, -0.2) is 44.0 Å². The first-order valence-electron chi connectivity index (χ1n) is 12.9. The second-order valence-electron chi connectivity index (χ2n) is 9.35. The van der Waals surface area contributed by atoms with Crippen molar-refractivity contribution in [2.45, 2.75) is 32.1 Å². The van der Waals surface area contributed by atoms with E-state index in [1.165, 1.54) is 38.8 Å². The molecular weight excluding hydrogens is 466 g/mol. The summed E-state index contributed by atoms with van der Waals surface area (Å²) in [4.78, 5) is 17.3. The molecule has 2 heterocycles.